The number of halogens is 1. The van der Waals surface area contributed by atoms with Crippen molar-refractivity contribution in [1.82, 2.24) is 9.88 Å². The van der Waals surface area contributed by atoms with Gasteiger partial charge in [0.2, 0.25) is 5.88 Å². The van der Waals surface area contributed by atoms with E-state index in [1.165, 1.54) is 18.2 Å². The number of carbonyl (C=O) groups excluding carboxylic acids is 1. The minimum Gasteiger partial charge on any atom is -0.481 e. The minimum atomic E-state index is -1.56. The van der Waals surface area contributed by atoms with Crippen molar-refractivity contribution >= 4 is 29.2 Å². The predicted molar refractivity (Wildman–Crippen MR) is 100 cm³/mol. The van der Waals surface area contributed by atoms with Crippen molar-refractivity contribution in [3.8, 4) is 5.88 Å². The van der Waals surface area contributed by atoms with E-state index in [0.29, 0.717) is 21.8 Å². The van der Waals surface area contributed by atoms with Gasteiger partial charge in [-0.25, -0.2) is 4.98 Å². The average molecular weight is 404 g/mol. The van der Waals surface area contributed by atoms with E-state index in [9.17, 15) is 19.8 Å². The maximum Gasteiger partial charge on any atom is 0.321 e. The number of carboxylic acid groups (broad SMARTS) is 1. The predicted octanol–water partition coefficient (Wildman–Crippen LogP) is 1.46. The number of aliphatic hydroxyl groups excluding tert-OH is 1. The number of hydrogen-bond acceptors (Lipinski definition) is 6. The first kappa shape index (κ1) is 18.7. The summed E-state index contributed by atoms with van der Waals surface area (Å²) in [5, 5.41) is 23.2. The van der Waals surface area contributed by atoms with Crippen LogP contribution in [0.5, 0.6) is 5.88 Å². The Morgan fingerprint density at radius 2 is 2.18 bits per heavy atom. The number of amides is 1. The van der Waals surface area contributed by atoms with Gasteiger partial charge in [0, 0.05) is 41.0 Å². The molecular formula is C19H18ClN3O5. The van der Waals surface area contributed by atoms with Gasteiger partial charge in [0.25, 0.3) is 5.91 Å². The summed E-state index contributed by atoms with van der Waals surface area (Å²) in [5.41, 5.74) is -0.153. The number of methoxy groups -OCH3 is 1. The number of aromatic nitrogens is 1. The van der Waals surface area contributed by atoms with E-state index in [1.807, 2.05) is 0 Å². The van der Waals surface area contributed by atoms with Gasteiger partial charge in [-0.05, 0) is 30.3 Å². The number of nitrogens with zero attached hydrogens (tertiary/aromatic N) is 2. The fraction of sp³-hybridized carbons (Fsp3) is 0.316. The number of rotatable bonds is 4. The number of hydrogen-bond donors (Lipinski definition) is 3. The summed E-state index contributed by atoms with van der Waals surface area (Å²) < 4.78 is 5.40. The molecule has 2 aromatic rings. The number of aliphatic hydroxyl groups is 1. The van der Waals surface area contributed by atoms with Crippen LogP contribution < -0.4 is 10.1 Å². The third kappa shape index (κ3) is 2.56. The molecule has 2 aliphatic rings. The summed E-state index contributed by atoms with van der Waals surface area (Å²) in [6.45, 7) is -0.00557. The number of nitrogens with one attached hydrogen (secondary N) is 1. The van der Waals surface area contributed by atoms with Crippen molar-refractivity contribution in [2.45, 2.75) is 24.1 Å². The minimum absolute atomic E-state index is 0.00282. The van der Waals surface area contributed by atoms with Gasteiger partial charge in [-0.2, -0.15) is 0 Å². The number of carboxylic acids is 1. The van der Waals surface area contributed by atoms with Gasteiger partial charge in [-0.15, -0.1) is 0 Å². The highest BCUT2D eigenvalue weighted by atomic mass is 35.5. The molecule has 1 aromatic heterocycles. The summed E-state index contributed by atoms with van der Waals surface area (Å²) >= 11 is 6.22. The molecule has 1 aromatic carbocycles. The molecule has 1 saturated heterocycles. The van der Waals surface area contributed by atoms with Crippen molar-refractivity contribution in [3.63, 3.8) is 0 Å². The number of aliphatic carboxylic acids is 1. The number of β-amino-alcohol motifs (C(OH)–C–C–N with tert-alkyl or cyclic N) is 1. The Kier molecular flexibility index (Phi) is 4.49. The number of likely N-dealkylation sites (tertiary alicyclic amines) is 1. The molecule has 0 saturated carbocycles. The van der Waals surface area contributed by atoms with Crippen LogP contribution in [-0.2, 0) is 15.1 Å². The van der Waals surface area contributed by atoms with E-state index in [2.05, 4.69) is 10.3 Å². The van der Waals surface area contributed by atoms with Crippen LogP contribution in [0.3, 0.4) is 0 Å². The number of anilines is 1. The highest BCUT2D eigenvalue weighted by Gasteiger charge is 2.59. The summed E-state index contributed by atoms with van der Waals surface area (Å²) in [6, 6.07) is 7.19. The molecule has 0 spiro atoms. The zero-order chi connectivity index (χ0) is 20.1. The maximum absolute atomic E-state index is 13.4. The molecule has 1 amide bonds. The zero-order valence-electron chi connectivity index (χ0n) is 14.9. The molecule has 3 atom stereocenters. The van der Waals surface area contributed by atoms with Crippen molar-refractivity contribution in [2.24, 2.45) is 0 Å². The van der Waals surface area contributed by atoms with E-state index in [4.69, 9.17) is 16.3 Å². The molecule has 0 aliphatic carbocycles. The van der Waals surface area contributed by atoms with Crippen LogP contribution in [0.1, 0.15) is 17.5 Å². The highest BCUT2D eigenvalue weighted by molar-refractivity contribution is 6.31. The smallest absolute Gasteiger partial charge is 0.321 e. The van der Waals surface area contributed by atoms with Crippen molar-refractivity contribution < 1.29 is 24.5 Å². The monoisotopic (exact) mass is 403 g/mol. The highest BCUT2D eigenvalue weighted by Crippen LogP contribution is 2.50. The van der Waals surface area contributed by atoms with E-state index >= 15 is 0 Å². The molecule has 0 bridgehead atoms. The molecule has 4 rings (SSSR count). The second-order valence-electron chi connectivity index (χ2n) is 6.81. The first-order chi connectivity index (χ1) is 13.4. The van der Waals surface area contributed by atoms with Crippen LogP contribution in [0.15, 0.2) is 36.5 Å². The summed E-state index contributed by atoms with van der Waals surface area (Å²) in [4.78, 5) is 31.1. The Morgan fingerprint density at radius 3 is 2.89 bits per heavy atom. The molecule has 1 unspecified atom stereocenters. The molecule has 8 nitrogen and oxygen atoms in total. The van der Waals surface area contributed by atoms with Crippen molar-refractivity contribution in [3.05, 3.63) is 52.7 Å². The molecule has 9 heteroatoms. The van der Waals surface area contributed by atoms with Gasteiger partial charge < -0.3 is 20.3 Å². The fourth-order valence-electron chi connectivity index (χ4n) is 4.21. The zero-order valence-corrected chi connectivity index (χ0v) is 15.7. The molecular weight excluding hydrogens is 386 g/mol. The molecule has 3 N–H and O–H groups in total. The standard InChI is InChI=1S/C19H18ClN3O5/c1-28-16-12(3-2-6-21-16)19(23-9-11(24)8-15(23)17(25)26)13-7-10(20)4-5-14(13)22-18(19)27/h2-7,11,15,24H,8-9H2,1H3,(H,22,27)(H,25,26)/t11-,15+,19?/m1/s1. The average Bonchev–Trinajstić information content (AvgIpc) is 3.19. The van der Waals surface area contributed by atoms with Crippen molar-refractivity contribution in [1.29, 1.82) is 0 Å². The second-order valence-corrected chi connectivity index (χ2v) is 7.25. The number of pyridine rings is 1. The van der Waals surface area contributed by atoms with Gasteiger partial charge in [-0.1, -0.05) is 11.6 Å². The normalized spacial score (nSPS) is 26.8. The van der Waals surface area contributed by atoms with Gasteiger partial charge in [0.15, 0.2) is 5.54 Å². The van der Waals surface area contributed by atoms with Crippen LogP contribution in [0.25, 0.3) is 0 Å². The van der Waals surface area contributed by atoms with E-state index in [1.54, 1.807) is 30.3 Å². The molecule has 28 heavy (non-hydrogen) atoms. The Balaban J connectivity index is 2.05. The molecule has 3 heterocycles. The van der Waals surface area contributed by atoms with Gasteiger partial charge >= 0.3 is 5.97 Å². The third-order valence-electron chi connectivity index (χ3n) is 5.30. The number of fused-ring (bicyclic) bond motifs is 1. The van der Waals surface area contributed by atoms with E-state index in [-0.39, 0.29) is 18.8 Å². The first-order valence-corrected chi connectivity index (χ1v) is 9.06. The quantitative estimate of drug-likeness (QED) is 0.708. The van der Waals surface area contributed by atoms with Crippen LogP contribution in [0, 0.1) is 0 Å². The number of carbonyl (C=O) groups is 2. The lowest BCUT2D eigenvalue weighted by molar-refractivity contribution is -0.145. The maximum atomic E-state index is 13.4. The lowest BCUT2D eigenvalue weighted by Crippen LogP contribution is -2.56. The molecule has 0 radical (unpaired) electrons. The second kappa shape index (κ2) is 6.73. The van der Waals surface area contributed by atoms with E-state index < -0.39 is 29.6 Å². The summed E-state index contributed by atoms with van der Waals surface area (Å²) in [5.74, 6) is -1.38. The van der Waals surface area contributed by atoms with Crippen molar-refractivity contribution in [2.75, 3.05) is 19.0 Å². The van der Waals surface area contributed by atoms with Crippen LogP contribution in [0.4, 0.5) is 5.69 Å². The summed E-state index contributed by atoms with van der Waals surface area (Å²) in [7, 11) is 1.43. The van der Waals surface area contributed by atoms with E-state index in [0.717, 1.165) is 0 Å². The first-order valence-electron chi connectivity index (χ1n) is 8.68. The fourth-order valence-corrected chi connectivity index (χ4v) is 4.39. The van der Waals surface area contributed by atoms with Gasteiger partial charge in [-0.3, -0.25) is 14.5 Å². The Labute approximate surface area is 165 Å². The van der Waals surface area contributed by atoms with Crippen LogP contribution in [0.2, 0.25) is 5.02 Å². The largest absolute Gasteiger partial charge is 0.481 e. The Hall–Kier alpha value is -2.68. The lowest BCUT2D eigenvalue weighted by atomic mass is 9.81. The van der Waals surface area contributed by atoms with Gasteiger partial charge in [0.1, 0.15) is 6.04 Å². The third-order valence-corrected chi connectivity index (χ3v) is 5.53. The SMILES string of the molecule is COc1ncccc1C1(N2C[C@H](O)C[C@H]2C(=O)O)C(=O)Nc2ccc(Cl)cc21. The molecule has 146 valence electrons. The summed E-state index contributed by atoms with van der Waals surface area (Å²) in [6.07, 6.45) is 0.634. The Morgan fingerprint density at radius 1 is 1.39 bits per heavy atom. The topological polar surface area (TPSA) is 112 Å². The number of benzene rings is 1. The van der Waals surface area contributed by atoms with Crippen LogP contribution >= 0.6 is 11.6 Å². The van der Waals surface area contributed by atoms with Gasteiger partial charge in [0.05, 0.1) is 13.2 Å². The lowest BCUT2D eigenvalue weighted by Gasteiger charge is -2.40. The number of ether oxygens (including phenoxy) is 1. The van der Waals surface area contributed by atoms with Crippen LogP contribution in [-0.4, -0.2) is 57.8 Å². The Bertz CT molecular complexity index is 968. The molecule has 2 aliphatic heterocycles. The molecule has 1 fully saturated rings.